The number of aromatic hydroxyl groups is 1. The molecule has 37 heavy (non-hydrogen) atoms. The number of hydrogen-bond donors (Lipinski definition) is 2. The summed E-state index contributed by atoms with van der Waals surface area (Å²) in [7, 11) is 1.27. The summed E-state index contributed by atoms with van der Waals surface area (Å²) >= 11 is 0. The molecule has 0 aliphatic carbocycles. The molecule has 0 aliphatic rings. The van der Waals surface area contributed by atoms with Crippen molar-refractivity contribution in [1.82, 2.24) is 5.32 Å². The molecule has 3 rings (SSSR count). The van der Waals surface area contributed by atoms with Crippen LogP contribution in [0.15, 0.2) is 61.8 Å². The number of carbonyl (C=O) groups excluding carboxylic acids is 2. The molecule has 0 spiro atoms. The van der Waals surface area contributed by atoms with Gasteiger partial charge < -0.3 is 18.7 Å². The third-order valence-electron chi connectivity index (χ3n) is 6.07. The molecule has 2 N–H and O–H groups in total. The van der Waals surface area contributed by atoms with Crippen LogP contribution in [0.25, 0.3) is 17.0 Å². The summed E-state index contributed by atoms with van der Waals surface area (Å²) in [5, 5.41) is 13.9. The molecule has 1 atom stereocenters. The van der Waals surface area contributed by atoms with Gasteiger partial charge >= 0.3 is 11.7 Å². The Hall–Kier alpha value is -4.07. The minimum atomic E-state index is -0.896. The van der Waals surface area contributed by atoms with Gasteiger partial charge in [-0.15, -0.1) is 0 Å². The van der Waals surface area contributed by atoms with E-state index in [1.54, 1.807) is 19.1 Å². The molecule has 196 valence electrons. The van der Waals surface area contributed by atoms with E-state index < -0.39 is 28.8 Å². The van der Waals surface area contributed by atoms with E-state index in [2.05, 4.69) is 23.0 Å². The first-order valence-corrected chi connectivity index (χ1v) is 12.4. The number of allylic oxidation sites excluding steroid dienone is 2. The Bertz CT molecular complexity index is 1380. The highest BCUT2D eigenvalue weighted by molar-refractivity contribution is 6.12. The number of ketones is 1. The average Bonchev–Trinajstić information content (AvgIpc) is 3.27. The number of ether oxygens (including phenoxy) is 1. The van der Waals surface area contributed by atoms with Gasteiger partial charge in [-0.25, -0.2) is 9.59 Å². The normalized spacial score (nSPS) is 12.7. The first-order valence-electron chi connectivity index (χ1n) is 12.4. The summed E-state index contributed by atoms with van der Waals surface area (Å²) in [4.78, 5) is 36.7. The van der Waals surface area contributed by atoms with Crippen molar-refractivity contribution >= 4 is 28.9 Å². The minimum Gasteiger partial charge on any atom is -0.507 e. The van der Waals surface area contributed by atoms with Crippen LogP contribution in [0.5, 0.6) is 5.75 Å². The van der Waals surface area contributed by atoms with Gasteiger partial charge in [-0.1, -0.05) is 38.5 Å². The number of methoxy groups -OCH3 is 1. The van der Waals surface area contributed by atoms with Gasteiger partial charge in [0, 0.05) is 29.1 Å². The molecule has 0 bridgehead atoms. The molecule has 0 fully saturated rings. The van der Waals surface area contributed by atoms with Gasteiger partial charge in [0.15, 0.2) is 5.78 Å². The third-order valence-corrected chi connectivity index (χ3v) is 6.07. The Balaban J connectivity index is 1.72. The van der Waals surface area contributed by atoms with E-state index >= 15 is 0 Å². The highest BCUT2D eigenvalue weighted by atomic mass is 16.5. The van der Waals surface area contributed by atoms with Crippen LogP contribution in [0.1, 0.15) is 79.8 Å². The van der Waals surface area contributed by atoms with Crippen LogP contribution in [0.3, 0.4) is 0 Å². The van der Waals surface area contributed by atoms with Crippen molar-refractivity contribution in [1.29, 1.82) is 0 Å². The van der Waals surface area contributed by atoms with Crippen molar-refractivity contribution in [3.05, 3.63) is 81.2 Å². The lowest BCUT2D eigenvalue weighted by Crippen LogP contribution is -2.16. The Morgan fingerprint density at radius 1 is 1.19 bits per heavy atom. The number of fused-ring (bicyclic) bond motifs is 1. The van der Waals surface area contributed by atoms with Crippen molar-refractivity contribution in [3.8, 4) is 5.75 Å². The fraction of sp³-hybridized carbons (Fsp3) is 0.345. The molecule has 1 aromatic carbocycles. The summed E-state index contributed by atoms with van der Waals surface area (Å²) in [5.74, 6) is -0.515. The number of Topliss-reactive ketones (excluding diaryl/α,β-unsaturated/α-hetero) is 1. The standard InChI is InChI=1S/C29H33NO7/c1-5-6-10-20-11-12-21-16-22(36-25(21)15-20)14-19(3)27(32)26-23(31)17-24(37-28(26)33)18(2)9-7-8-13-30-29(34)35-4/h8,11-18,31H,5-7,9-10H2,1-4H3,(H,30,34)/b13-8+,19-14?. The monoisotopic (exact) mass is 507 g/mol. The number of hydrogen-bond acceptors (Lipinski definition) is 7. The van der Waals surface area contributed by atoms with Crippen molar-refractivity contribution in [3.63, 3.8) is 0 Å². The molecule has 8 nitrogen and oxygen atoms in total. The zero-order valence-electron chi connectivity index (χ0n) is 21.6. The number of nitrogens with one attached hydrogen (secondary N) is 1. The average molecular weight is 508 g/mol. The van der Waals surface area contributed by atoms with E-state index in [1.165, 1.54) is 24.9 Å². The second-order valence-electron chi connectivity index (χ2n) is 8.99. The van der Waals surface area contributed by atoms with Crippen molar-refractivity contribution in [2.75, 3.05) is 7.11 Å². The molecule has 1 amide bonds. The molecule has 1 unspecified atom stereocenters. The van der Waals surface area contributed by atoms with Gasteiger partial charge in [0.2, 0.25) is 0 Å². The predicted octanol–water partition coefficient (Wildman–Crippen LogP) is 6.47. The maximum Gasteiger partial charge on any atom is 0.410 e. The number of benzene rings is 1. The first kappa shape index (κ1) is 27.5. The molecular weight excluding hydrogens is 474 g/mol. The van der Waals surface area contributed by atoms with Crippen LogP contribution in [-0.4, -0.2) is 24.1 Å². The van der Waals surface area contributed by atoms with Gasteiger partial charge in [-0.05, 0) is 56.4 Å². The smallest absolute Gasteiger partial charge is 0.410 e. The quantitative estimate of drug-likeness (QED) is 0.225. The predicted molar refractivity (Wildman–Crippen MR) is 142 cm³/mol. The molecular formula is C29H33NO7. The Kier molecular flexibility index (Phi) is 9.49. The summed E-state index contributed by atoms with van der Waals surface area (Å²) in [5.41, 5.74) is 0.851. The lowest BCUT2D eigenvalue weighted by atomic mass is 9.99. The Labute approximate surface area is 215 Å². The summed E-state index contributed by atoms with van der Waals surface area (Å²) in [6.45, 7) is 5.54. The molecule has 8 heteroatoms. The molecule has 0 aliphatic heterocycles. The second kappa shape index (κ2) is 12.8. The van der Waals surface area contributed by atoms with Crippen molar-refractivity contribution < 1.29 is 28.3 Å². The molecule has 2 heterocycles. The fourth-order valence-corrected chi connectivity index (χ4v) is 3.89. The summed E-state index contributed by atoms with van der Waals surface area (Å²) in [6.07, 6.45) is 8.54. The van der Waals surface area contributed by atoms with E-state index in [0.717, 1.165) is 30.2 Å². The van der Waals surface area contributed by atoms with Crippen LogP contribution in [0.2, 0.25) is 0 Å². The Morgan fingerprint density at radius 2 is 1.97 bits per heavy atom. The van der Waals surface area contributed by atoms with Crippen LogP contribution < -0.4 is 10.9 Å². The van der Waals surface area contributed by atoms with Gasteiger partial charge in [0.25, 0.3) is 0 Å². The zero-order valence-corrected chi connectivity index (χ0v) is 21.6. The molecule has 0 saturated heterocycles. The van der Waals surface area contributed by atoms with Gasteiger partial charge in [-0.3, -0.25) is 10.1 Å². The number of aryl methyl sites for hydroxylation is 1. The first-order chi connectivity index (χ1) is 17.7. The van der Waals surface area contributed by atoms with E-state index in [1.807, 2.05) is 25.1 Å². The van der Waals surface area contributed by atoms with Crippen LogP contribution >= 0.6 is 0 Å². The largest absolute Gasteiger partial charge is 0.507 e. The molecule has 0 saturated carbocycles. The molecule has 0 radical (unpaired) electrons. The number of alkyl carbamates (subject to hydrolysis) is 1. The SMILES string of the molecule is CCCCc1ccc2cc(C=C(C)C(=O)c3c(O)cc(C(C)CC/C=C/NC(=O)OC)oc3=O)oc2c1. The Morgan fingerprint density at radius 3 is 2.68 bits per heavy atom. The van der Waals surface area contributed by atoms with Gasteiger partial charge in [0.1, 0.15) is 28.4 Å². The van der Waals surface area contributed by atoms with Crippen LogP contribution in [-0.2, 0) is 11.2 Å². The van der Waals surface area contributed by atoms with E-state index in [4.69, 9.17) is 8.83 Å². The maximum absolute atomic E-state index is 13.0. The van der Waals surface area contributed by atoms with E-state index in [0.29, 0.717) is 18.6 Å². The number of furan rings is 1. The number of amides is 1. The number of rotatable bonds is 11. The van der Waals surface area contributed by atoms with Crippen molar-refractivity contribution in [2.45, 2.75) is 58.8 Å². The highest BCUT2D eigenvalue weighted by Crippen LogP contribution is 2.27. The minimum absolute atomic E-state index is 0.208. The van der Waals surface area contributed by atoms with Crippen molar-refractivity contribution in [2.24, 2.45) is 0 Å². The van der Waals surface area contributed by atoms with E-state index in [-0.39, 0.29) is 17.3 Å². The van der Waals surface area contributed by atoms with Crippen LogP contribution in [0.4, 0.5) is 4.79 Å². The highest BCUT2D eigenvalue weighted by Gasteiger charge is 2.22. The summed E-state index contributed by atoms with van der Waals surface area (Å²) < 4.78 is 15.7. The van der Waals surface area contributed by atoms with Gasteiger partial charge in [0.05, 0.1) is 7.11 Å². The lowest BCUT2D eigenvalue weighted by molar-refractivity contribution is 0.102. The number of carbonyl (C=O) groups is 2. The van der Waals surface area contributed by atoms with E-state index in [9.17, 15) is 19.5 Å². The topological polar surface area (TPSA) is 119 Å². The zero-order chi connectivity index (χ0) is 26.9. The third kappa shape index (κ3) is 7.22. The van der Waals surface area contributed by atoms with Crippen LogP contribution in [0, 0.1) is 0 Å². The summed E-state index contributed by atoms with van der Waals surface area (Å²) in [6, 6.07) is 9.20. The maximum atomic E-state index is 13.0. The molecule has 2 aromatic heterocycles. The fourth-order valence-electron chi connectivity index (χ4n) is 3.89. The van der Waals surface area contributed by atoms with Gasteiger partial charge in [-0.2, -0.15) is 0 Å². The number of unbranched alkanes of at least 4 members (excludes halogenated alkanes) is 1. The second-order valence-corrected chi connectivity index (χ2v) is 8.99. The molecule has 3 aromatic rings. The lowest BCUT2D eigenvalue weighted by Gasteiger charge is -2.11.